The van der Waals surface area contributed by atoms with E-state index in [1.54, 1.807) is 0 Å². The molecular weight excluding hydrogens is 841 g/mol. The standard InChI is InChI=1S/C64H62N4O/c1-61(2,3)48-33-34-65-60(39-48)68-57-32-29-49(63(7,8)46-23-16-12-17-24-46)38-56(57)55-31-30-54(41-58(55)68)69-53-28-20-27-51(40-53)67-43-66(42-59(67)62(4,5)6)52-36-45(44-21-14-11-15-22-44)35-50(37-52)64(9,10)47-25-18-13-19-26-47/h11-42H,1-10H3. The first-order valence-corrected chi connectivity index (χ1v) is 24.2. The van der Waals surface area contributed by atoms with Gasteiger partial charge in [0.25, 0.3) is 6.33 Å². The van der Waals surface area contributed by atoms with E-state index in [4.69, 9.17) is 9.72 Å². The van der Waals surface area contributed by atoms with Crippen LogP contribution in [0.4, 0.5) is 0 Å². The molecule has 0 spiro atoms. The molecule has 5 heteroatoms. The lowest BCUT2D eigenvalue weighted by Crippen LogP contribution is -2.30. The molecule has 69 heavy (non-hydrogen) atoms. The highest BCUT2D eigenvalue weighted by Gasteiger charge is 2.28. The Morgan fingerprint density at radius 2 is 1.12 bits per heavy atom. The number of rotatable bonds is 10. The van der Waals surface area contributed by atoms with Crippen LogP contribution in [0.1, 0.15) is 103 Å². The Morgan fingerprint density at radius 1 is 0.464 bits per heavy atom. The highest BCUT2D eigenvalue weighted by atomic mass is 16.5. The summed E-state index contributed by atoms with van der Waals surface area (Å²) >= 11 is 0. The van der Waals surface area contributed by atoms with Gasteiger partial charge in [-0.1, -0.05) is 178 Å². The number of ether oxygens (including phenoxy) is 1. The van der Waals surface area contributed by atoms with Crippen molar-refractivity contribution >= 4 is 21.8 Å². The molecule has 0 fully saturated rings. The minimum absolute atomic E-state index is 0.0414. The van der Waals surface area contributed by atoms with Crippen molar-refractivity contribution in [3.05, 3.63) is 234 Å². The molecule has 0 saturated carbocycles. The summed E-state index contributed by atoms with van der Waals surface area (Å²) in [4.78, 5) is 4.99. The van der Waals surface area contributed by atoms with Gasteiger partial charge in [0.05, 0.1) is 28.1 Å². The molecule has 0 N–H and O–H groups in total. The van der Waals surface area contributed by atoms with E-state index in [1.165, 1.54) is 44.3 Å². The summed E-state index contributed by atoms with van der Waals surface area (Å²) in [6, 6.07) is 65.2. The third kappa shape index (κ3) is 8.67. The zero-order chi connectivity index (χ0) is 48.3. The van der Waals surface area contributed by atoms with Gasteiger partial charge in [0, 0.05) is 40.1 Å². The van der Waals surface area contributed by atoms with E-state index in [9.17, 15) is 0 Å². The second-order valence-corrected chi connectivity index (χ2v) is 21.7. The molecule has 3 heterocycles. The van der Waals surface area contributed by atoms with Crippen LogP contribution in [-0.4, -0.2) is 14.1 Å². The van der Waals surface area contributed by atoms with Gasteiger partial charge >= 0.3 is 0 Å². The van der Waals surface area contributed by atoms with Gasteiger partial charge in [-0.25, -0.2) is 4.98 Å². The van der Waals surface area contributed by atoms with Crippen LogP contribution in [0.3, 0.4) is 0 Å². The first-order valence-electron chi connectivity index (χ1n) is 24.2. The van der Waals surface area contributed by atoms with Crippen molar-refractivity contribution in [2.45, 2.75) is 90.9 Å². The Bertz CT molecular complexity index is 3470. The molecule has 0 aliphatic carbocycles. The van der Waals surface area contributed by atoms with E-state index in [-0.39, 0.29) is 21.7 Å². The minimum atomic E-state index is -0.241. The smallest absolute Gasteiger partial charge is 0.269 e. The molecule has 7 aromatic carbocycles. The molecule has 0 bridgehead atoms. The normalized spacial score (nSPS) is 12.5. The van der Waals surface area contributed by atoms with E-state index in [2.05, 4.69) is 271 Å². The van der Waals surface area contributed by atoms with Crippen LogP contribution in [0.25, 0.3) is 50.1 Å². The van der Waals surface area contributed by atoms with Gasteiger partial charge in [-0.05, 0) is 117 Å². The fraction of sp³-hybridized carbons (Fsp3) is 0.219. The summed E-state index contributed by atoms with van der Waals surface area (Å²) in [7, 11) is 0. The topological polar surface area (TPSA) is 35.9 Å². The fourth-order valence-electron chi connectivity index (χ4n) is 9.71. The number of hydrogen-bond donors (Lipinski definition) is 0. The number of aromatic nitrogens is 4. The van der Waals surface area contributed by atoms with Crippen LogP contribution >= 0.6 is 0 Å². The third-order valence-corrected chi connectivity index (χ3v) is 14.1. The van der Waals surface area contributed by atoms with E-state index in [1.807, 2.05) is 12.3 Å². The lowest BCUT2D eigenvalue weighted by atomic mass is 9.77. The Hall–Kier alpha value is -7.50. The lowest BCUT2D eigenvalue weighted by molar-refractivity contribution is -0.599. The Balaban J connectivity index is 1.06. The molecule has 0 amide bonds. The molecular formula is C64H62N4O. The van der Waals surface area contributed by atoms with E-state index >= 15 is 0 Å². The first kappa shape index (κ1) is 45.3. The Kier molecular flexibility index (Phi) is 11.3. The Morgan fingerprint density at radius 3 is 1.78 bits per heavy atom. The predicted molar refractivity (Wildman–Crippen MR) is 285 cm³/mol. The number of nitrogens with zero attached hydrogens (tertiary/aromatic N) is 4. The highest BCUT2D eigenvalue weighted by Crippen LogP contribution is 2.41. The zero-order valence-corrected chi connectivity index (χ0v) is 41.7. The summed E-state index contributed by atoms with van der Waals surface area (Å²) in [5.74, 6) is 2.36. The van der Waals surface area contributed by atoms with Crippen molar-refractivity contribution in [3.63, 3.8) is 0 Å². The maximum Gasteiger partial charge on any atom is 0.269 e. The summed E-state index contributed by atoms with van der Waals surface area (Å²) in [6.07, 6.45) is 7.95. The largest absolute Gasteiger partial charge is 0.458 e. The number of hydrogen-bond acceptors (Lipinski definition) is 2. The lowest BCUT2D eigenvalue weighted by Gasteiger charge is -2.27. The van der Waals surface area contributed by atoms with Gasteiger partial charge < -0.3 is 4.74 Å². The van der Waals surface area contributed by atoms with Gasteiger partial charge in [-0.15, -0.1) is 0 Å². The molecule has 3 aromatic heterocycles. The minimum Gasteiger partial charge on any atom is -0.458 e. The average Bonchev–Trinajstić information content (AvgIpc) is 3.95. The summed E-state index contributed by atoms with van der Waals surface area (Å²) in [5, 5.41) is 2.33. The maximum atomic E-state index is 6.86. The zero-order valence-electron chi connectivity index (χ0n) is 41.7. The molecule has 0 atom stereocenters. The summed E-state index contributed by atoms with van der Waals surface area (Å²) in [6.45, 7) is 22.7. The van der Waals surface area contributed by atoms with Crippen molar-refractivity contribution in [2.24, 2.45) is 0 Å². The number of imidazole rings is 1. The van der Waals surface area contributed by atoms with E-state index < -0.39 is 0 Å². The highest BCUT2D eigenvalue weighted by molar-refractivity contribution is 6.10. The maximum absolute atomic E-state index is 6.86. The molecule has 0 aliphatic heterocycles. The van der Waals surface area contributed by atoms with Crippen LogP contribution in [0.15, 0.2) is 194 Å². The molecule has 0 saturated heterocycles. The second kappa shape index (κ2) is 17.2. The van der Waals surface area contributed by atoms with Crippen molar-refractivity contribution < 1.29 is 9.30 Å². The number of pyridine rings is 1. The van der Waals surface area contributed by atoms with Gasteiger partial charge in [-0.2, -0.15) is 0 Å². The number of fused-ring (bicyclic) bond motifs is 3. The quantitative estimate of drug-likeness (QED) is 0.101. The van der Waals surface area contributed by atoms with Gasteiger partial charge in [0.1, 0.15) is 17.3 Å². The van der Waals surface area contributed by atoms with E-state index in [0.717, 1.165) is 50.8 Å². The molecule has 0 radical (unpaired) electrons. The SMILES string of the molecule is CC(C)(C)c1ccnc(-n2c3ccc(C(C)(C)c4ccccc4)cc3c3ccc(Oc4cccc(-n5[c-][n+](-c6cc(-c7ccccc7)cc(C(C)(C)c7ccccc7)c6)cc5C(C)(C)C)c4)cc32)c1. The molecule has 0 unspecified atom stereocenters. The molecule has 5 nitrogen and oxygen atoms in total. The molecule has 0 aliphatic rings. The van der Waals surface area contributed by atoms with Crippen molar-refractivity contribution in [1.82, 2.24) is 14.1 Å². The molecule has 10 aromatic rings. The predicted octanol–water partition coefficient (Wildman–Crippen LogP) is 15.8. The van der Waals surface area contributed by atoms with Crippen LogP contribution in [0, 0.1) is 6.33 Å². The first-order chi connectivity index (χ1) is 32.9. The Labute approximate surface area is 408 Å². The van der Waals surface area contributed by atoms with Crippen LogP contribution < -0.4 is 9.30 Å². The van der Waals surface area contributed by atoms with Crippen molar-refractivity contribution in [1.29, 1.82) is 0 Å². The summed E-state index contributed by atoms with van der Waals surface area (Å²) in [5.41, 5.74) is 13.2. The fourth-order valence-corrected chi connectivity index (χ4v) is 9.71. The second-order valence-electron chi connectivity index (χ2n) is 21.7. The molecule has 10 rings (SSSR count). The molecule has 344 valence electrons. The third-order valence-electron chi connectivity index (χ3n) is 14.1. The van der Waals surface area contributed by atoms with Gasteiger partial charge in [0.15, 0.2) is 0 Å². The van der Waals surface area contributed by atoms with Gasteiger partial charge in [-0.3, -0.25) is 13.7 Å². The van der Waals surface area contributed by atoms with Crippen LogP contribution in [0.2, 0.25) is 0 Å². The van der Waals surface area contributed by atoms with Crippen LogP contribution in [0.5, 0.6) is 11.5 Å². The summed E-state index contributed by atoms with van der Waals surface area (Å²) < 4.78 is 13.5. The van der Waals surface area contributed by atoms with Crippen molar-refractivity contribution in [2.75, 3.05) is 0 Å². The van der Waals surface area contributed by atoms with Crippen LogP contribution in [-0.2, 0) is 21.7 Å². The monoisotopic (exact) mass is 902 g/mol. The number of benzene rings is 7. The van der Waals surface area contributed by atoms with E-state index in [0.29, 0.717) is 0 Å². The average molecular weight is 903 g/mol. The van der Waals surface area contributed by atoms with Crippen molar-refractivity contribution in [3.8, 4) is 39.8 Å². The van der Waals surface area contributed by atoms with Gasteiger partial charge in [0.2, 0.25) is 0 Å².